The van der Waals surface area contributed by atoms with Gasteiger partial charge < -0.3 is 0 Å². The Morgan fingerprint density at radius 2 is 0.314 bits per heavy atom. The minimum atomic E-state index is 1.32. The maximum atomic E-state index is 2.08. The molecule has 0 nitrogen and oxygen atoms in total. The lowest BCUT2D eigenvalue weighted by Crippen LogP contribution is -1.62. The molecule has 0 aliphatic rings. The van der Waals surface area contributed by atoms with Crippen LogP contribution in [0.25, 0.3) is 0 Å². The molecular weight excluding hydrogens is 420 g/mol. The molecule has 0 saturated heterocycles. The van der Waals surface area contributed by atoms with Gasteiger partial charge in [-0.3, -0.25) is 0 Å². The highest BCUT2D eigenvalue weighted by atomic mass is 13.8. The third kappa shape index (κ3) is 18.2. The molecular formula is C35H40. The van der Waals surface area contributed by atoms with Gasteiger partial charge in [-0.2, -0.15) is 0 Å². The van der Waals surface area contributed by atoms with Crippen LogP contribution in [0.1, 0.15) is 27.8 Å². The summed E-state index contributed by atoms with van der Waals surface area (Å²) in [7, 11) is 0. The lowest BCUT2D eigenvalue weighted by Gasteiger charge is -1.82. The van der Waals surface area contributed by atoms with Crippen molar-refractivity contribution in [3.63, 3.8) is 0 Å². The van der Waals surface area contributed by atoms with Crippen LogP contribution >= 0.6 is 0 Å². The monoisotopic (exact) mass is 460 g/mol. The van der Waals surface area contributed by atoms with E-state index in [1.54, 1.807) is 0 Å². The fourth-order valence-electron chi connectivity index (χ4n) is 2.67. The normalized spacial score (nSPS) is 8.71. The topological polar surface area (TPSA) is 0 Å². The lowest BCUT2D eigenvalue weighted by molar-refractivity contribution is 1.48. The third-order valence-electron chi connectivity index (χ3n) is 4.70. The van der Waals surface area contributed by atoms with E-state index in [0.717, 1.165) is 0 Å². The molecule has 0 fully saturated rings. The van der Waals surface area contributed by atoms with E-state index in [1.165, 1.54) is 27.8 Å². The second-order valence-electron chi connectivity index (χ2n) is 8.27. The van der Waals surface area contributed by atoms with Gasteiger partial charge in [0.05, 0.1) is 0 Å². The zero-order valence-corrected chi connectivity index (χ0v) is 21.9. The third-order valence-corrected chi connectivity index (χ3v) is 4.70. The van der Waals surface area contributed by atoms with Gasteiger partial charge in [0.25, 0.3) is 0 Å². The quantitative estimate of drug-likeness (QED) is 0.216. The van der Waals surface area contributed by atoms with E-state index in [1.807, 2.05) is 91.0 Å². The summed E-state index contributed by atoms with van der Waals surface area (Å²) in [6.45, 7) is 10.4. The van der Waals surface area contributed by atoms with Crippen molar-refractivity contribution in [1.82, 2.24) is 0 Å². The van der Waals surface area contributed by atoms with Gasteiger partial charge >= 0.3 is 0 Å². The van der Waals surface area contributed by atoms with Gasteiger partial charge in [0.1, 0.15) is 0 Å². The van der Waals surface area contributed by atoms with Gasteiger partial charge in [0.2, 0.25) is 0 Å². The van der Waals surface area contributed by atoms with Crippen LogP contribution in [0.3, 0.4) is 0 Å². The first-order chi connectivity index (χ1) is 17.0. The van der Waals surface area contributed by atoms with Crippen LogP contribution in [0.15, 0.2) is 152 Å². The van der Waals surface area contributed by atoms with Gasteiger partial charge in [0.15, 0.2) is 0 Å². The van der Waals surface area contributed by atoms with E-state index in [9.17, 15) is 0 Å². The molecule has 180 valence electrons. The first-order valence-corrected chi connectivity index (χ1v) is 12.1. The van der Waals surface area contributed by atoms with E-state index in [0.29, 0.717) is 0 Å². The Morgan fingerprint density at radius 3 is 0.371 bits per heavy atom. The largest absolute Gasteiger partial charge is 0.0622 e. The maximum Gasteiger partial charge on any atom is -0.0398 e. The van der Waals surface area contributed by atoms with E-state index >= 15 is 0 Å². The van der Waals surface area contributed by atoms with E-state index in [4.69, 9.17) is 0 Å². The summed E-state index contributed by atoms with van der Waals surface area (Å²) < 4.78 is 0. The summed E-state index contributed by atoms with van der Waals surface area (Å²) in [5.41, 5.74) is 6.61. The van der Waals surface area contributed by atoms with Crippen molar-refractivity contribution in [3.05, 3.63) is 179 Å². The number of benzene rings is 5. The molecule has 0 saturated carbocycles. The van der Waals surface area contributed by atoms with Crippen molar-refractivity contribution < 1.29 is 0 Å². The fourth-order valence-corrected chi connectivity index (χ4v) is 2.67. The summed E-state index contributed by atoms with van der Waals surface area (Å²) in [4.78, 5) is 0. The van der Waals surface area contributed by atoms with Crippen molar-refractivity contribution in [2.75, 3.05) is 0 Å². The molecule has 0 aromatic heterocycles. The predicted molar refractivity (Wildman–Crippen MR) is 156 cm³/mol. The summed E-state index contributed by atoms with van der Waals surface area (Å²) >= 11 is 0. The molecule has 0 bridgehead atoms. The molecule has 0 N–H and O–H groups in total. The Morgan fingerprint density at radius 1 is 0.200 bits per heavy atom. The van der Waals surface area contributed by atoms with Crippen molar-refractivity contribution in [3.8, 4) is 0 Å². The minimum absolute atomic E-state index is 1.32. The molecule has 0 aliphatic heterocycles. The Balaban J connectivity index is 0.000000219. The Kier molecular flexibility index (Phi) is 16.3. The molecule has 0 atom stereocenters. The SMILES string of the molecule is Cc1ccccc1.Cc1ccccc1.Cc1ccccc1.Cc1ccccc1.Cc1ccccc1. The molecule has 35 heavy (non-hydrogen) atoms. The number of rotatable bonds is 0. The Bertz CT molecular complexity index is 868. The molecule has 5 aromatic carbocycles. The molecule has 5 aromatic rings. The predicted octanol–water partition coefficient (Wildman–Crippen LogP) is 9.98. The second-order valence-corrected chi connectivity index (χ2v) is 8.27. The summed E-state index contributed by atoms with van der Waals surface area (Å²) in [6, 6.07) is 51.3. The first-order valence-electron chi connectivity index (χ1n) is 12.1. The first kappa shape index (κ1) is 29.1. The minimum Gasteiger partial charge on any atom is -0.0622 e. The summed E-state index contributed by atoms with van der Waals surface area (Å²) in [6.07, 6.45) is 0. The van der Waals surface area contributed by atoms with E-state index < -0.39 is 0 Å². The van der Waals surface area contributed by atoms with Gasteiger partial charge in [-0.25, -0.2) is 0 Å². The van der Waals surface area contributed by atoms with Gasteiger partial charge in [0, 0.05) is 0 Å². The average molecular weight is 461 g/mol. The standard InChI is InChI=1S/5C7H8/c5*1-7-5-3-2-4-6-7/h5*2-6H,1H3. The van der Waals surface area contributed by atoms with Crippen LogP contribution in [0.4, 0.5) is 0 Å². The molecule has 0 aliphatic carbocycles. The maximum absolute atomic E-state index is 2.08. The van der Waals surface area contributed by atoms with Crippen LogP contribution in [0, 0.1) is 34.6 Å². The molecule has 0 heteroatoms. The number of aryl methyl sites for hydroxylation is 5. The zero-order chi connectivity index (χ0) is 25.6. The van der Waals surface area contributed by atoms with E-state index in [-0.39, 0.29) is 0 Å². The van der Waals surface area contributed by atoms with Gasteiger partial charge in [-0.05, 0) is 34.6 Å². The fraction of sp³-hybridized carbons (Fsp3) is 0.143. The highest BCUT2D eigenvalue weighted by Crippen LogP contribution is 1.94. The second kappa shape index (κ2) is 19.6. The van der Waals surface area contributed by atoms with Crippen LogP contribution in [0.2, 0.25) is 0 Å². The molecule has 0 unspecified atom stereocenters. The van der Waals surface area contributed by atoms with Crippen molar-refractivity contribution in [2.45, 2.75) is 34.6 Å². The van der Waals surface area contributed by atoms with Gasteiger partial charge in [-0.15, -0.1) is 0 Å². The molecule has 0 radical (unpaired) electrons. The van der Waals surface area contributed by atoms with E-state index in [2.05, 4.69) is 95.3 Å². The summed E-state index contributed by atoms with van der Waals surface area (Å²) in [5.74, 6) is 0. The van der Waals surface area contributed by atoms with Crippen molar-refractivity contribution in [1.29, 1.82) is 0 Å². The average Bonchev–Trinajstić information content (AvgIpc) is 2.88. The lowest BCUT2D eigenvalue weighted by atomic mass is 10.2. The Hall–Kier alpha value is -3.90. The van der Waals surface area contributed by atoms with Crippen LogP contribution in [-0.2, 0) is 0 Å². The van der Waals surface area contributed by atoms with Crippen LogP contribution in [0.5, 0.6) is 0 Å². The summed E-state index contributed by atoms with van der Waals surface area (Å²) in [5, 5.41) is 0. The molecule has 0 spiro atoms. The van der Waals surface area contributed by atoms with Crippen LogP contribution in [-0.4, -0.2) is 0 Å². The number of hydrogen-bond donors (Lipinski definition) is 0. The smallest absolute Gasteiger partial charge is 0.0398 e. The van der Waals surface area contributed by atoms with Crippen molar-refractivity contribution >= 4 is 0 Å². The zero-order valence-electron chi connectivity index (χ0n) is 21.9. The number of hydrogen-bond acceptors (Lipinski definition) is 0. The Labute approximate surface area is 214 Å². The highest BCUT2D eigenvalue weighted by Gasteiger charge is 1.74. The van der Waals surface area contributed by atoms with Gasteiger partial charge in [-0.1, -0.05) is 179 Å². The molecule has 0 amide bonds. The van der Waals surface area contributed by atoms with Crippen molar-refractivity contribution in [2.24, 2.45) is 0 Å². The molecule has 5 rings (SSSR count). The highest BCUT2D eigenvalue weighted by molar-refractivity contribution is 5.14. The molecule has 0 heterocycles. The van der Waals surface area contributed by atoms with Crippen LogP contribution < -0.4 is 0 Å².